The summed E-state index contributed by atoms with van der Waals surface area (Å²) in [5.74, 6) is -0.754. The average molecular weight is 518 g/mol. The Hall–Kier alpha value is -3.85. The SMILES string of the molecule is N#Cc1ccc2c(Nc3cc(NS(=O)(=O)C(F)(F)F)cc(C4CCCCC4)c3)c(C(N)=O)cnc2c1. The van der Waals surface area contributed by atoms with Crippen LogP contribution < -0.4 is 15.8 Å². The van der Waals surface area contributed by atoms with Crippen molar-refractivity contribution in [3.8, 4) is 6.07 Å². The second-order valence-electron chi connectivity index (χ2n) is 8.61. The molecule has 4 N–H and O–H groups in total. The number of carbonyl (C=O) groups is 1. The second kappa shape index (κ2) is 9.66. The highest BCUT2D eigenvalue weighted by Crippen LogP contribution is 2.38. The average Bonchev–Trinajstić information content (AvgIpc) is 2.83. The molecule has 1 amide bonds. The lowest BCUT2D eigenvalue weighted by atomic mass is 9.84. The fourth-order valence-electron chi connectivity index (χ4n) is 4.40. The van der Waals surface area contributed by atoms with E-state index < -0.39 is 21.4 Å². The molecule has 188 valence electrons. The summed E-state index contributed by atoms with van der Waals surface area (Å²) in [6.45, 7) is 0. The van der Waals surface area contributed by atoms with E-state index in [2.05, 4.69) is 10.3 Å². The smallest absolute Gasteiger partial charge is 0.365 e. The molecule has 0 aliphatic heterocycles. The quantitative estimate of drug-likeness (QED) is 0.408. The molecule has 0 spiro atoms. The van der Waals surface area contributed by atoms with Gasteiger partial charge in [-0.3, -0.25) is 14.5 Å². The first-order chi connectivity index (χ1) is 17.0. The van der Waals surface area contributed by atoms with Crippen molar-refractivity contribution in [2.45, 2.75) is 43.5 Å². The fraction of sp³-hybridized carbons (Fsp3) is 0.292. The van der Waals surface area contributed by atoms with Crippen LogP contribution in [0, 0.1) is 11.3 Å². The Labute approximate surface area is 205 Å². The van der Waals surface area contributed by atoms with Gasteiger partial charge in [-0.25, -0.2) is 0 Å². The molecule has 36 heavy (non-hydrogen) atoms. The first-order valence-electron chi connectivity index (χ1n) is 11.1. The molecule has 2 aromatic carbocycles. The summed E-state index contributed by atoms with van der Waals surface area (Å²) in [4.78, 5) is 16.3. The molecule has 0 atom stereocenters. The first kappa shape index (κ1) is 25.2. The number of nitriles is 1. The number of aromatic nitrogens is 1. The second-order valence-corrected chi connectivity index (χ2v) is 10.3. The van der Waals surface area contributed by atoms with E-state index >= 15 is 0 Å². The number of nitrogens with one attached hydrogen (secondary N) is 2. The highest BCUT2D eigenvalue weighted by molar-refractivity contribution is 7.93. The Morgan fingerprint density at radius 2 is 1.78 bits per heavy atom. The summed E-state index contributed by atoms with van der Waals surface area (Å²) in [7, 11) is -5.64. The lowest BCUT2D eigenvalue weighted by molar-refractivity contribution is -0.0429. The highest BCUT2D eigenvalue weighted by atomic mass is 32.2. The van der Waals surface area contributed by atoms with Crippen molar-refractivity contribution in [2.75, 3.05) is 10.0 Å². The van der Waals surface area contributed by atoms with E-state index in [-0.39, 0.29) is 28.5 Å². The monoisotopic (exact) mass is 517 g/mol. The molecule has 3 aromatic rings. The Morgan fingerprint density at radius 1 is 1.08 bits per heavy atom. The maximum absolute atomic E-state index is 13.1. The predicted octanol–water partition coefficient (Wildman–Crippen LogP) is 5.26. The third-order valence-electron chi connectivity index (χ3n) is 6.12. The number of halogens is 3. The number of hydrogen-bond acceptors (Lipinski definition) is 6. The highest BCUT2D eigenvalue weighted by Gasteiger charge is 2.46. The number of anilines is 3. The molecule has 4 rings (SSSR count). The third-order valence-corrected chi connectivity index (χ3v) is 7.24. The van der Waals surface area contributed by atoms with E-state index in [4.69, 9.17) is 5.73 Å². The van der Waals surface area contributed by atoms with Crippen LogP contribution in [0.25, 0.3) is 10.9 Å². The molecule has 1 heterocycles. The Morgan fingerprint density at radius 3 is 2.42 bits per heavy atom. The Kier molecular flexibility index (Phi) is 6.77. The van der Waals surface area contributed by atoms with Crippen LogP contribution in [0.15, 0.2) is 42.6 Å². The van der Waals surface area contributed by atoms with Gasteiger partial charge < -0.3 is 11.1 Å². The van der Waals surface area contributed by atoms with Crippen LogP contribution in [0.1, 0.15) is 59.5 Å². The molecule has 8 nitrogen and oxygen atoms in total. The first-order valence-corrected chi connectivity index (χ1v) is 12.6. The Balaban J connectivity index is 1.84. The predicted molar refractivity (Wildman–Crippen MR) is 129 cm³/mol. The third kappa shape index (κ3) is 5.21. The molecule has 0 bridgehead atoms. The molecule has 0 saturated heterocycles. The summed E-state index contributed by atoms with van der Waals surface area (Å²) >= 11 is 0. The number of benzene rings is 2. The molecule has 1 aromatic heterocycles. The lowest BCUT2D eigenvalue weighted by Gasteiger charge is -2.24. The summed E-state index contributed by atoms with van der Waals surface area (Å²) in [5.41, 5.74) is 1.72. The molecule has 12 heteroatoms. The summed E-state index contributed by atoms with van der Waals surface area (Å²) < 4.78 is 64.4. The molecule has 0 radical (unpaired) electrons. The van der Waals surface area contributed by atoms with Gasteiger partial charge in [0.1, 0.15) is 0 Å². The van der Waals surface area contributed by atoms with E-state index in [0.717, 1.165) is 32.1 Å². The van der Waals surface area contributed by atoms with Gasteiger partial charge in [-0.2, -0.15) is 26.9 Å². The molecular weight excluding hydrogens is 495 g/mol. The van der Waals surface area contributed by atoms with E-state index in [1.807, 2.05) is 6.07 Å². The number of sulfonamides is 1. The van der Waals surface area contributed by atoms with Crippen molar-refractivity contribution in [3.05, 3.63) is 59.3 Å². The van der Waals surface area contributed by atoms with E-state index in [1.165, 1.54) is 30.5 Å². The van der Waals surface area contributed by atoms with Crippen molar-refractivity contribution in [2.24, 2.45) is 5.73 Å². The number of fused-ring (bicyclic) bond motifs is 1. The van der Waals surface area contributed by atoms with Gasteiger partial charge in [0.15, 0.2) is 0 Å². The Bertz CT molecular complexity index is 1480. The van der Waals surface area contributed by atoms with Crippen molar-refractivity contribution in [1.29, 1.82) is 5.26 Å². The number of nitrogens with two attached hydrogens (primary N) is 1. The van der Waals surface area contributed by atoms with Crippen LogP contribution in [-0.4, -0.2) is 24.8 Å². The van der Waals surface area contributed by atoms with Gasteiger partial charge >= 0.3 is 15.5 Å². The van der Waals surface area contributed by atoms with Gasteiger partial charge in [0.05, 0.1) is 34.1 Å². The van der Waals surface area contributed by atoms with Crippen molar-refractivity contribution in [1.82, 2.24) is 4.98 Å². The zero-order chi connectivity index (χ0) is 26.1. The molecule has 1 fully saturated rings. The van der Waals surface area contributed by atoms with Crippen molar-refractivity contribution < 1.29 is 26.4 Å². The van der Waals surface area contributed by atoms with Crippen molar-refractivity contribution in [3.63, 3.8) is 0 Å². The van der Waals surface area contributed by atoms with Crippen LogP contribution >= 0.6 is 0 Å². The van der Waals surface area contributed by atoms with Crippen molar-refractivity contribution >= 4 is 43.9 Å². The van der Waals surface area contributed by atoms with Gasteiger partial charge in [0.2, 0.25) is 0 Å². The zero-order valence-electron chi connectivity index (χ0n) is 18.9. The van der Waals surface area contributed by atoms with Crippen LogP contribution in [0.5, 0.6) is 0 Å². The molecule has 1 saturated carbocycles. The number of hydrogen-bond donors (Lipinski definition) is 3. The number of nitrogens with zero attached hydrogens (tertiary/aromatic N) is 2. The number of alkyl halides is 3. The molecule has 1 aliphatic rings. The molecule has 1 aliphatic carbocycles. The number of primary amides is 1. The topological polar surface area (TPSA) is 138 Å². The number of pyridine rings is 1. The maximum atomic E-state index is 13.1. The van der Waals surface area contributed by atoms with E-state index in [9.17, 15) is 31.6 Å². The number of amides is 1. The van der Waals surface area contributed by atoms with Gasteiger partial charge in [-0.15, -0.1) is 0 Å². The summed E-state index contributed by atoms with van der Waals surface area (Å²) in [6, 6.07) is 11.0. The van der Waals surface area contributed by atoms with E-state index in [1.54, 1.807) is 16.9 Å². The van der Waals surface area contributed by atoms with Gasteiger partial charge in [-0.1, -0.05) is 19.3 Å². The van der Waals surface area contributed by atoms with Crippen LogP contribution in [0.4, 0.5) is 30.2 Å². The minimum Gasteiger partial charge on any atom is -0.365 e. The van der Waals surface area contributed by atoms with Crippen LogP contribution in [0.2, 0.25) is 0 Å². The normalized spacial score (nSPS) is 14.8. The van der Waals surface area contributed by atoms with Gasteiger partial charge in [-0.05, 0) is 60.7 Å². The lowest BCUT2D eigenvalue weighted by Crippen LogP contribution is -2.30. The fourth-order valence-corrected chi connectivity index (χ4v) is 4.94. The van der Waals surface area contributed by atoms with Crippen LogP contribution in [-0.2, 0) is 10.0 Å². The molecular formula is C24H22F3N5O3S. The number of rotatable bonds is 6. The van der Waals surface area contributed by atoms with Crippen LogP contribution in [0.3, 0.4) is 0 Å². The standard InChI is InChI=1S/C24H22F3N5O3S/c25-24(26,27)36(34,35)32-18-10-16(15-4-2-1-3-5-15)9-17(11-18)31-22-19-7-6-14(12-28)8-21(19)30-13-20(22)23(29)33/h6-11,13,15,32H,1-5H2,(H2,29,33)(H,30,31). The maximum Gasteiger partial charge on any atom is 0.516 e. The zero-order valence-corrected chi connectivity index (χ0v) is 19.7. The van der Waals surface area contributed by atoms with Gasteiger partial charge in [0.25, 0.3) is 5.91 Å². The minimum absolute atomic E-state index is 0.0210. The van der Waals surface area contributed by atoms with E-state index in [0.29, 0.717) is 22.0 Å². The number of carbonyl (C=O) groups excluding carboxylic acids is 1. The minimum atomic E-state index is -5.64. The molecule has 0 unspecified atom stereocenters. The summed E-state index contributed by atoms with van der Waals surface area (Å²) in [6.07, 6.45) is 5.83. The summed E-state index contributed by atoms with van der Waals surface area (Å²) in [5, 5.41) is 12.7. The largest absolute Gasteiger partial charge is 0.516 e. The van der Waals surface area contributed by atoms with Gasteiger partial charge in [0, 0.05) is 17.3 Å².